The number of nitrogens with one attached hydrogen (secondary N) is 1. The van der Waals surface area contributed by atoms with Gasteiger partial charge in [0.15, 0.2) is 0 Å². The monoisotopic (exact) mass is 403 g/mol. The molecule has 0 heterocycles. The molecular weight excluding hydrogens is 366 g/mol. The van der Waals surface area contributed by atoms with E-state index in [1.807, 2.05) is 6.92 Å². The Hall–Kier alpha value is -0.320. The molecule has 1 aliphatic rings. The van der Waals surface area contributed by atoms with Crippen LogP contribution in [0.2, 0.25) is 0 Å². The van der Waals surface area contributed by atoms with E-state index in [2.05, 4.69) is 26.3 Å². The second kappa shape index (κ2) is 13.0. The number of rotatable bonds is 12. The molecule has 0 spiro atoms. The molecule has 0 aromatic rings. The van der Waals surface area contributed by atoms with Crippen molar-refractivity contribution in [3.8, 4) is 0 Å². The average molecular weight is 404 g/mol. The van der Waals surface area contributed by atoms with Gasteiger partial charge in [-0.05, 0) is 67.9 Å². The molecular formula is C21H38ClNO2S. The quantitative estimate of drug-likeness (QED) is 0.317. The van der Waals surface area contributed by atoms with Crippen molar-refractivity contribution < 1.29 is 9.05 Å². The number of allylic oxidation sites excluding steroid dienone is 2. The van der Waals surface area contributed by atoms with Crippen LogP contribution in [-0.4, -0.2) is 22.3 Å². The number of hydroxylamine groups is 1. The van der Waals surface area contributed by atoms with Crippen LogP contribution in [0.1, 0.15) is 79.1 Å². The van der Waals surface area contributed by atoms with E-state index in [0.29, 0.717) is 17.9 Å². The summed E-state index contributed by atoms with van der Waals surface area (Å²) in [6.07, 6.45) is 11.0. The predicted molar refractivity (Wildman–Crippen MR) is 115 cm³/mol. The molecule has 152 valence electrons. The van der Waals surface area contributed by atoms with Crippen molar-refractivity contribution in [2.24, 2.45) is 11.3 Å². The van der Waals surface area contributed by atoms with E-state index in [-0.39, 0.29) is 0 Å². The van der Waals surface area contributed by atoms with Crippen LogP contribution in [0.15, 0.2) is 22.9 Å². The molecule has 26 heavy (non-hydrogen) atoms. The fraction of sp³-hybridized carbons (Fsp3) is 0.810. The van der Waals surface area contributed by atoms with Gasteiger partial charge in [-0.25, -0.2) is 0 Å². The first-order valence-electron chi connectivity index (χ1n) is 10.2. The van der Waals surface area contributed by atoms with Crippen molar-refractivity contribution in [1.82, 2.24) is 5.48 Å². The van der Waals surface area contributed by atoms with Crippen molar-refractivity contribution in [2.45, 2.75) is 79.1 Å². The minimum atomic E-state index is -0.636. The van der Waals surface area contributed by atoms with Gasteiger partial charge in [-0.15, -0.1) is 0 Å². The Labute approximate surface area is 168 Å². The van der Waals surface area contributed by atoms with E-state index in [1.165, 1.54) is 36.1 Å². The highest BCUT2D eigenvalue weighted by Crippen LogP contribution is 2.48. The Morgan fingerprint density at radius 1 is 1.35 bits per heavy atom. The summed E-state index contributed by atoms with van der Waals surface area (Å²) in [6.45, 7) is 9.42. The van der Waals surface area contributed by atoms with Crippen LogP contribution in [0.3, 0.4) is 0 Å². The minimum Gasteiger partial charge on any atom is -0.272 e. The van der Waals surface area contributed by atoms with Crippen molar-refractivity contribution in [1.29, 1.82) is 0 Å². The summed E-state index contributed by atoms with van der Waals surface area (Å²) in [6, 6.07) is 0. The van der Waals surface area contributed by atoms with Crippen molar-refractivity contribution in [3.05, 3.63) is 22.9 Å². The minimum absolute atomic E-state index is 0.404. The molecule has 0 aromatic carbocycles. The summed E-state index contributed by atoms with van der Waals surface area (Å²) in [4.78, 5) is 5.53. The number of hydrogen-bond acceptors (Lipinski definition) is 3. The smallest absolute Gasteiger partial charge is 0.0938 e. The third-order valence-electron chi connectivity index (χ3n) is 5.83. The van der Waals surface area contributed by atoms with E-state index in [1.54, 1.807) is 6.08 Å². The molecule has 0 aromatic heterocycles. The predicted octanol–water partition coefficient (Wildman–Crippen LogP) is 6.08. The molecule has 0 aliphatic heterocycles. The average Bonchev–Trinajstić information content (AvgIpc) is 2.64. The molecule has 1 fully saturated rings. The van der Waals surface area contributed by atoms with Gasteiger partial charge in [-0.3, -0.25) is 14.5 Å². The summed E-state index contributed by atoms with van der Waals surface area (Å²) in [5, 5.41) is 0. The van der Waals surface area contributed by atoms with Crippen LogP contribution in [-0.2, 0) is 15.6 Å². The topological polar surface area (TPSA) is 38.3 Å². The lowest BCUT2D eigenvalue weighted by Crippen LogP contribution is -2.32. The normalized spacial score (nSPS) is 22.2. The van der Waals surface area contributed by atoms with E-state index in [0.717, 1.165) is 43.6 Å². The molecule has 0 saturated heterocycles. The fourth-order valence-corrected chi connectivity index (χ4v) is 4.79. The molecule has 1 unspecified atom stereocenters. The van der Waals surface area contributed by atoms with Crippen molar-refractivity contribution in [3.63, 3.8) is 0 Å². The maximum Gasteiger partial charge on any atom is 0.0938 e. The van der Waals surface area contributed by atoms with E-state index in [9.17, 15) is 4.21 Å². The zero-order valence-corrected chi connectivity index (χ0v) is 18.7. The number of hydrogen-bond donors (Lipinski definition) is 1. The van der Waals surface area contributed by atoms with Gasteiger partial charge in [0.05, 0.1) is 6.61 Å². The largest absolute Gasteiger partial charge is 0.272 e. The third kappa shape index (κ3) is 7.74. The van der Waals surface area contributed by atoms with Gasteiger partial charge in [0.1, 0.15) is 0 Å². The van der Waals surface area contributed by atoms with Gasteiger partial charge in [0.2, 0.25) is 0 Å². The summed E-state index contributed by atoms with van der Waals surface area (Å²) in [5.41, 5.74) is 7.85. The fourth-order valence-electron chi connectivity index (χ4n) is 3.96. The van der Waals surface area contributed by atoms with Gasteiger partial charge in [0.25, 0.3) is 0 Å². The van der Waals surface area contributed by atoms with Crippen molar-refractivity contribution in [2.75, 3.05) is 18.1 Å². The highest BCUT2D eigenvalue weighted by Gasteiger charge is 2.36. The zero-order valence-electron chi connectivity index (χ0n) is 17.1. The molecule has 1 rings (SSSR count). The van der Waals surface area contributed by atoms with Crippen LogP contribution in [0.25, 0.3) is 0 Å². The van der Waals surface area contributed by atoms with E-state index >= 15 is 0 Å². The molecule has 1 N–H and O–H groups in total. The van der Waals surface area contributed by atoms with E-state index < -0.39 is 10.8 Å². The van der Waals surface area contributed by atoms with Gasteiger partial charge in [0, 0.05) is 33.5 Å². The molecule has 5 heteroatoms. The maximum absolute atomic E-state index is 11.8. The van der Waals surface area contributed by atoms with E-state index in [4.69, 9.17) is 16.4 Å². The third-order valence-corrected chi connectivity index (χ3v) is 7.40. The molecule has 0 bridgehead atoms. The van der Waals surface area contributed by atoms with Crippen LogP contribution >= 0.6 is 11.6 Å². The Morgan fingerprint density at radius 3 is 2.58 bits per heavy atom. The first kappa shape index (κ1) is 23.7. The SMILES string of the molecule is CCCC(NOCC=CCl)=C1CCC(CCCS(=O)CC)(C(C)C)CC1. The molecule has 3 nitrogen and oxygen atoms in total. The summed E-state index contributed by atoms with van der Waals surface area (Å²) in [5.74, 6) is 2.32. The lowest BCUT2D eigenvalue weighted by atomic mass is 9.63. The molecule has 1 aliphatic carbocycles. The van der Waals surface area contributed by atoms with Gasteiger partial charge in [-0.1, -0.05) is 45.7 Å². The molecule has 0 radical (unpaired) electrons. The molecule has 1 saturated carbocycles. The highest BCUT2D eigenvalue weighted by atomic mass is 35.5. The molecule has 1 atom stereocenters. The first-order chi connectivity index (χ1) is 12.5. The van der Waals surface area contributed by atoms with Crippen LogP contribution in [0.4, 0.5) is 0 Å². The van der Waals surface area contributed by atoms with Crippen molar-refractivity contribution >= 4 is 22.4 Å². The highest BCUT2D eigenvalue weighted by molar-refractivity contribution is 7.84. The van der Waals surface area contributed by atoms with Gasteiger partial charge < -0.3 is 0 Å². The Kier molecular flexibility index (Phi) is 11.8. The van der Waals surface area contributed by atoms with Gasteiger partial charge in [-0.2, -0.15) is 0 Å². The standard InChI is InChI=1S/C21H38ClNO2S/c1-5-9-20(23-25-16-8-15-22)19-10-13-21(14-11-19,18(3)4)12-7-17-26(24)6-2/h8,15,18,23H,5-7,9-14,16-17H2,1-4H3. The lowest BCUT2D eigenvalue weighted by molar-refractivity contribution is 0.0788. The Balaban J connectivity index is 2.68. The zero-order chi connectivity index (χ0) is 19.4. The van der Waals surface area contributed by atoms with Gasteiger partial charge >= 0.3 is 0 Å². The Bertz CT molecular complexity index is 478. The lowest BCUT2D eigenvalue weighted by Gasteiger charge is -2.42. The summed E-state index contributed by atoms with van der Waals surface area (Å²) < 4.78 is 11.8. The number of halogens is 1. The second-order valence-corrected chi connectivity index (χ2v) is 9.78. The van der Waals surface area contributed by atoms with Crippen LogP contribution in [0, 0.1) is 11.3 Å². The van der Waals surface area contributed by atoms with Crippen LogP contribution in [0.5, 0.6) is 0 Å². The maximum atomic E-state index is 11.8. The Morgan fingerprint density at radius 2 is 2.04 bits per heavy atom. The summed E-state index contributed by atoms with van der Waals surface area (Å²) >= 11 is 5.54. The second-order valence-electron chi connectivity index (χ2n) is 7.66. The first-order valence-corrected chi connectivity index (χ1v) is 12.1. The molecule has 0 amide bonds. The summed E-state index contributed by atoms with van der Waals surface area (Å²) in [7, 11) is -0.636. The van der Waals surface area contributed by atoms with Crippen LogP contribution < -0.4 is 5.48 Å².